The van der Waals surface area contributed by atoms with E-state index in [0.29, 0.717) is 19.3 Å². The number of hydrogen-bond donors (Lipinski definition) is 2. The molecule has 2 fully saturated rings. The highest BCUT2D eigenvalue weighted by molar-refractivity contribution is 9.10. The monoisotopic (exact) mass is 571 g/mol. The number of ether oxygens (including phenoxy) is 2. The van der Waals surface area contributed by atoms with Crippen LogP contribution in [0.2, 0.25) is 0 Å². The van der Waals surface area contributed by atoms with Crippen LogP contribution in [0.25, 0.3) is 22.6 Å². The minimum Gasteiger partial charge on any atom is -0.382 e. The maximum atomic E-state index is 5.62. The van der Waals surface area contributed by atoms with Gasteiger partial charge in [-0.3, -0.25) is 4.90 Å². The number of pyridine rings is 1. The molecule has 2 aliphatic heterocycles. The van der Waals surface area contributed by atoms with E-state index in [1.807, 2.05) is 6.20 Å². The number of aromatic nitrogens is 3. The zero-order chi connectivity index (χ0) is 25.6. The van der Waals surface area contributed by atoms with Crippen molar-refractivity contribution < 1.29 is 9.47 Å². The minimum absolute atomic E-state index is 0.452. The molecule has 4 heterocycles. The number of benzene rings is 1. The summed E-state index contributed by atoms with van der Waals surface area (Å²) in [5.41, 5.74) is 5.06. The summed E-state index contributed by atoms with van der Waals surface area (Å²) in [7, 11) is 3.89. The van der Waals surface area contributed by atoms with Gasteiger partial charge in [-0.2, -0.15) is 0 Å². The first kappa shape index (κ1) is 26.4. The second-order valence-electron chi connectivity index (χ2n) is 9.97. The van der Waals surface area contributed by atoms with E-state index in [0.717, 1.165) is 98.0 Å². The van der Waals surface area contributed by atoms with Crippen molar-refractivity contribution in [2.75, 3.05) is 90.0 Å². The largest absolute Gasteiger partial charge is 0.382 e. The summed E-state index contributed by atoms with van der Waals surface area (Å²) >= 11 is 3.70. The standard InChI is InChI=1S/C27H38BrN7O2/c1-33-9-7-21(8-10-33)30-24-23(28)19-29-27-25(24)31-26(32-27)20-3-5-22(6-4-20)35-13-11-34(12-14-35)15-16-37-18-17-36-2/h3-6,19,21H,7-18H2,1-2H3,(H2,29,30,31,32). The Morgan fingerprint density at radius 2 is 1.78 bits per heavy atom. The molecule has 0 amide bonds. The molecule has 1 aromatic carbocycles. The molecule has 0 bridgehead atoms. The molecular weight excluding hydrogens is 534 g/mol. The van der Waals surface area contributed by atoms with Crippen LogP contribution in [-0.2, 0) is 9.47 Å². The number of methoxy groups -OCH3 is 1. The van der Waals surface area contributed by atoms with Crippen LogP contribution in [0.15, 0.2) is 34.9 Å². The number of halogens is 1. The molecular formula is C27H38BrN7O2. The van der Waals surface area contributed by atoms with Crippen LogP contribution in [0.5, 0.6) is 0 Å². The van der Waals surface area contributed by atoms with Crippen molar-refractivity contribution >= 4 is 38.5 Å². The lowest BCUT2D eigenvalue weighted by atomic mass is 10.1. The van der Waals surface area contributed by atoms with Gasteiger partial charge in [0.1, 0.15) is 11.3 Å². The molecule has 200 valence electrons. The lowest BCUT2D eigenvalue weighted by Gasteiger charge is -2.36. The van der Waals surface area contributed by atoms with Gasteiger partial charge in [-0.05, 0) is 73.2 Å². The quantitative estimate of drug-likeness (QED) is 0.357. The van der Waals surface area contributed by atoms with Gasteiger partial charge in [0.15, 0.2) is 5.65 Å². The number of nitrogens with zero attached hydrogens (tertiary/aromatic N) is 5. The van der Waals surface area contributed by atoms with Gasteiger partial charge < -0.3 is 29.6 Å². The van der Waals surface area contributed by atoms with Crippen LogP contribution in [-0.4, -0.2) is 111 Å². The Hall–Kier alpha value is -2.24. The van der Waals surface area contributed by atoms with Crippen molar-refractivity contribution in [1.29, 1.82) is 0 Å². The van der Waals surface area contributed by atoms with E-state index in [4.69, 9.17) is 14.5 Å². The zero-order valence-electron chi connectivity index (χ0n) is 21.9. The average Bonchev–Trinajstić information content (AvgIpc) is 3.37. The molecule has 2 aliphatic rings. The molecule has 10 heteroatoms. The maximum absolute atomic E-state index is 5.62. The normalized spacial score (nSPS) is 18.1. The zero-order valence-corrected chi connectivity index (χ0v) is 23.5. The Balaban J connectivity index is 1.21. The van der Waals surface area contributed by atoms with Gasteiger partial charge in [0.05, 0.1) is 30.0 Å². The van der Waals surface area contributed by atoms with Gasteiger partial charge in [-0.25, -0.2) is 9.97 Å². The molecule has 37 heavy (non-hydrogen) atoms. The SMILES string of the molecule is COCCOCCN1CCN(c2ccc(-c3nc4ncc(Br)c(NC5CCN(C)CC5)c4[nH]3)cc2)CC1. The van der Waals surface area contributed by atoms with Gasteiger partial charge in [0.2, 0.25) is 0 Å². The van der Waals surface area contributed by atoms with E-state index >= 15 is 0 Å². The van der Waals surface area contributed by atoms with E-state index in [1.165, 1.54) is 5.69 Å². The van der Waals surface area contributed by atoms with Crippen LogP contribution in [0.1, 0.15) is 12.8 Å². The predicted molar refractivity (Wildman–Crippen MR) is 153 cm³/mol. The fourth-order valence-electron chi connectivity index (χ4n) is 5.07. The van der Waals surface area contributed by atoms with Crippen molar-refractivity contribution in [1.82, 2.24) is 24.8 Å². The molecule has 9 nitrogen and oxygen atoms in total. The highest BCUT2D eigenvalue weighted by Gasteiger charge is 2.21. The summed E-state index contributed by atoms with van der Waals surface area (Å²) in [6.07, 6.45) is 4.11. The van der Waals surface area contributed by atoms with Crippen molar-refractivity contribution in [3.8, 4) is 11.4 Å². The second kappa shape index (κ2) is 12.5. The number of piperazine rings is 1. The molecule has 0 unspecified atom stereocenters. The van der Waals surface area contributed by atoms with Crippen LogP contribution in [0, 0.1) is 0 Å². The lowest BCUT2D eigenvalue weighted by Crippen LogP contribution is -2.47. The van der Waals surface area contributed by atoms with Crippen LogP contribution >= 0.6 is 15.9 Å². The maximum Gasteiger partial charge on any atom is 0.180 e. The third-order valence-corrected chi connectivity index (χ3v) is 8.00. The van der Waals surface area contributed by atoms with Gasteiger partial charge in [0.25, 0.3) is 0 Å². The first-order valence-electron chi connectivity index (χ1n) is 13.2. The Labute approximate surface area is 227 Å². The van der Waals surface area contributed by atoms with Crippen molar-refractivity contribution in [3.63, 3.8) is 0 Å². The number of nitrogens with one attached hydrogen (secondary N) is 2. The highest BCUT2D eigenvalue weighted by atomic mass is 79.9. The fourth-order valence-corrected chi connectivity index (χ4v) is 5.48. The molecule has 2 N–H and O–H groups in total. The summed E-state index contributed by atoms with van der Waals surface area (Å²) in [6, 6.07) is 9.16. The van der Waals surface area contributed by atoms with Gasteiger partial charge in [-0.1, -0.05) is 0 Å². The first-order valence-corrected chi connectivity index (χ1v) is 14.0. The molecule has 0 radical (unpaired) electrons. The van der Waals surface area contributed by atoms with E-state index in [-0.39, 0.29) is 0 Å². The number of aromatic amines is 1. The number of hydrogen-bond acceptors (Lipinski definition) is 8. The summed E-state index contributed by atoms with van der Waals surface area (Å²) in [5, 5.41) is 3.75. The molecule has 2 saturated heterocycles. The summed E-state index contributed by atoms with van der Waals surface area (Å²) < 4.78 is 11.6. The van der Waals surface area contributed by atoms with Gasteiger partial charge in [0, 0.05) is 63.3 Å². The Morgan fingerprint density at radius 3 is 2.51 bits per heavy atom. The molecule has 0 spiro atoms. The third kappa shape index (κ3) is 6.61. The van der Waals surface area contributed by atoms with Crippen molar-refractivity contribution in [2.45, 2.75) is 18.9 Å². The van der Waals surface area contributed by atoms with Crippen LogP contribution in [0.3, 0.4) is 0 Å². The third-order valence-electron chi connectivity index (χ3n) is 7.40. The second-order valence-corrected chi connectivity index (χ2v) is 10.8. The molecule has 3 aromatic rings. The fraction of sp³-hybridized carbons (Fsp3) is 0.556. The number of likely N-dealkylation sites (tertiary alicyclic amines) is 1. The summed E-state index contributed by atoms with van der Waals surface area (Å²) in [4.78, 5) is 20.2. The number of rotatable bonds is 10. The van der Waals surface area contributed by atoms with Gasteiger partial charge in [-0.15, -0.1) is 0 Å². The van der Waals surface area contributed by atoms with E-state index in [9.17, 15) is 0 Å². The number of anilines is 2. The molecule has 0 atom stereocenters. The van der Waals surface area contributed by atoms with Crippen LogP contribution < -0.4 is 10.2 Å². The summed E-state index contributed by atoms with van der Waals surface area (Å²) in [6.45, 7) is 9.42. The topological polar surface area (TPSA) is 81.8 Å². The molecule has 2 aromatic heterocycles. The molecule has 5 rings (SSSR count). The predicted octanol–water partition coefficient (Wildman–Crippen LogP) is 3.68. The van der Waals surface area contributed by atoms with E-state index in [2.05, 4.69) is 77.2 Å². The number of imidazole rings is 1. The minimum atomic E-state index is 0.452. The highest BCUT2D eigenvalue weighted by Crippen LogP contribution is 2.32. The Bertz CT molecular complexity index is 1140. The number of H-pyrrole nitrogens is 1. The molecule has 0 aliphatic carbocycles. The van der Waals surface area contributed by atoms with E-state index in [1.54, 1.807) is 7.11 Å². The number of piperidine rings is 1. The van der Waals surface area contributed by atoms with E-state index < -0.39 is 0 Å². The Morgan fingerprint density at radius 1 is 1.03 bits per heavy atom. The van der Waals surface area contributed by atoms with Crippen molar-refractivity contribution in [3.05, 3.63) is 34.9 Å². The Kier molecular flexibility index (Phi) is 8.93. The first-order chi connectivity index (χ1) is 18.1. The molecule has 0 saturated carbocycles. The average molecular weight is 573 g/mol. The summed E-state index contributed by atoms with van der Waals surface area (Å²) in [5.74, 6) is 0.844. The van der Waals surface area contributed by atoms with Crippen molar-refractivity contribution in [2.24, 2.45) is 0 Å². The van der Waals surface area contributed by atoms with Crippen LogP contribution in [0.4, 0.5) is 11.4 Å². The lowest BCUT2D eigenvalue weighted by molar-refractivity contribution is 0.0563. The number of fused-ring (bicyclic) bond motifs is 1. The smallest absolute Gasteiger partial charge is 0.180 e. The van der Waals surface area contributed by atoms with Gasteiger partial charge >= 0.3 is 0 Å².